The summed E-state index contributed by atoms with van der Waals surface area (Å²) >= 11 is 0. The molecule has 1 spiro atoms. The van der Waals surface area contributed by atoms with Crippen molar-refractivity contribution >= 4 is 0 Å². The number of aliphatic hydroxyl groups is 1. The standard InChI is InChI=1S/C19H20O6/c1-21-12-7-8-14(23-3)17-15(12)18(20)19(25-17)10-9-11-5-4-6-13(22-2)16(11)24-19/h4-8,18,20H,9-10H2,1-3H3/t18-,19+/m0/s1. The summed E-state index contributed by atoms with van der Waals surface area (Å²) < 4.78 is 28.5. The van der Waals surface area contributed by atoms with E-state index in [2.05, 4.69) is 0 Å². The Morgan fingerprint density at radius 1 is 0.920 bits per heavy atom. The van der Waals surface area contributed by atoms with E-state index in [4.69, 9.17) is 23.7 Å². The average molecular weight is 344 g/mol. The van der Waals surface area contributed by atoms with Gasteiger partial charge in [0.25, 0.3) is 5.79 Å². The lowest BCUT2D eigenvalue weighted by atomic mass is 9.93. The van der Waals surface area contributed by atoms with Gasteiger partial charge in [-0.05, 0) is 30.2 Å². The monoisotopic (exact) mass is 344 g/mol. The second-order valence-electron chi connectivity index (χ2n) is 6.08. The van der Waals surface area contributed by atoms with Crippen molar-refractivity contribution in [2.45, 2.75) is 24.7 Å². The average Bonchev–Trinajstić information content (AvgIpc) is 2.93. The molecule has 132 valence electrons. The Morgan fingerprint density at radius 2 is 1.56 bits per heavy atom. The van der Waals surface area contributed by atoms with E-state index in [-0.39, 0.29) is 0 Å². The first-order valence-electron chi connectivity index (χ1n) is 8.10. The molecule has 6 nitrogen and oxygen atoms in total. The van der Waals surface area contributed by atoms with Crippen LogP contribution in [0.5, 0.6) is 28.7 Å². The maximum atomic E-state index is 11.1. The molecule has 0 saturated carbocycles. The number of ether oxygens (including phenoxy) is 5. The zero-order valence-electron chi connectivity index (χ0n) is 14.4. The SMILES string of the molecule is COc1cccc2c1O[C@]1(CC2)Oc2c(OC)ccc(OC)c2[C@@H]1O. The van der Waals surface area contributed by atoms with E-state index in [1.54, 1.807) is 33.5 Å². The van der Waals surface area contributed by atoms with Crippen LogP contribution in [0.2, 0.25) is 0 Å². The number of para-hydroxylation sites is 1. The minimum atomic E-state index is -1.23. The zero-order chi connectivity index (χ0) is 17.6. The topological polar surface area (TPSA) is 66.4 Å². The van der Waals surface area contributed by atoms with Gasteiger partial charge in [-0.1, -0.05) is 12.1 Å². The predicted octanol–water partition coefficient (Wildman–Crippen LogP) is 2.86. The van der Waals surface area contributed by atoms with Gasteiger partial charge in [-0.3, -0.25) is 0 Å². The van der Waals surface area contributed by atoms with Gasteiger partial charge in [-0.25, -0.2) is 0 Å². The van der Waals surface area contributed by atoms with Gasteiger partial charge in [0.15, 0.2) is 29.1 Å². The Bertz CT molecular complexity index is 804. The molecule has 1 N–H and O–H groups in total. The molecule has 2 aromatic rings. The van der Waals surface area contributed by atoms with Crippen LogP contribution in [-0.4, -0.2) is 32.2 Å². The van der Waals surface area contributed by atoms with Crippen LogP contribution in [0.25, 0.3) is 0 Å². The summed E-state index contributed by atoms with van der Waals surface area (Å²) in [4.78, 5) is 0. The summed E-state index contributed by atoms with van der Waals surface area (Å²) in [5, 5.41) is 11.1. The molecule has 25 heavy (non-hydrogen) atoms. The van der Waals surface area contributed by atoms with Gasteiger partial charge in [0.2, 0.25) is 0 Å². The normalized spacial score (nSPS) is 23.3. The number of fused-ring (bicyclic) bond motifs is 2. The van der Waals surface area contributed by atoms with E-state index in [0.29, 0.717) is 47.2 Å². The molecular formula is C19H20O6. The third-order valence-corrected chi connectivity index (χ3v) is 4.82. The summed E-state index contributed by atoms with van der Waals surface area (Å²) in [7, 11) is 4.70. The molecule has 2 atom stereocenters. The quantitative estimate of drug-likeness (QED) is 0.924. The van der Waals surface area contributed by atoms with Gasteiger partial charge in [0.1, 0.15) is 5.75 Å². The lowest BCUT2D eigenvalue weighted by Gasteiger charge is -2.37. The summed E-state index contributed by atoms with van der Waals surface area (Å²) in [6, 6.07) is 9.24. The van der Waals surface area contributed by atoms with E-state index in [1.807, 2.05) is 18.2 Å². The summed E-state index contributed by atoms with van der Waals surface area (Å²) in [5.41, 5.74) is 1.57. The first-order valence-corrected chi connectivity index (χ1v) is 8.10. The maximum Gasteiger partial charge on any atom is 0.282 e. The van der Waals surface area contributed by atoms with E-state index < -0.39 is 11.9 Å². The molecule has 0 fully saturated rings. The van der Waals surface area contributed by atoms with Crippen molar-refractivity contribution in [3.05, 3.63) is 41.5 Å². The molecular weight excluding hydrogens is 324 g/mol. The summed E-state index contributed by atoms with van der Waals surface area (Å²) in [5.74, 6) is 1.50. The van der Waals surface area contributed by atoms with Crippen molar-refractivity contribution in [2.24, 2.45) is 0 Å². The second kappa shape index (κ2) is 5.74. The molecule has 0 aliphatic carbocycles. The number of aryl methyl sites for hydroxylation is 1. The molecule has 0 aromatic heterocycles. The highest BCUT2D eigenvalue weighted by molar-refractivity contribution is 5.59. The molecule has 4 rings (SSSR count). The largest absolute Gasteiger partial charge is 0.496 e. The van der Waals surface area contributed by atoms with E-state index in [1.165, 1.54) is 0 Å². The second-order valence-corrected chi connectivity index (χ2v) is 6.08. The van der Waals surface area contributed by atoms with Gasteiger partial charge < -0.3 is 28.8 Å². The maximum absolute atomic E-state index is 11.1. The first kappa shape index (κ1) is 15.9. The van der Waals surface area contributed by atoms with Gasteiger partial charge in [0.05, 0.1) is 26.9 Å². The molecule has 2 heterocycles. The smallest absolute Gasteiger partial charge is 0.282 e. The fraction of sp³-hybridized carbons (Fsp3) is 0.368. The van der Waals surface area contributed by atoms with Gasteiger partial charge in [-0.15, -0.1) is 0 Å². The molecule has 0 unspecified atom stereocenters. The lowest BCUT2D eigenvalue weighted by Crippen LogP contribution is -2.47. The molecule has 0 amide bonds. The number of benzene rings is 2. The Kier molecular flexibility index (Phi) is 3.65. The Morgan fingerprint density at radius 3 is 2.28 bits per heavy atom. The highest BCUT2D eigenvalue weighted by atomic mass is 16.7. The van der Waals surface area contributed by atoms with Crippen molar-refractivity contribution in [1.29, 1.82) is 0 Å². The highest BCUT2D eigenvalue weighted by Gasteiger charge is 2.55. The van der Waals surface area contributed by atoms with Crippen molar-refractivity contribution in [1.82, 2.24) is 0 Å². The van der Waals surface area contributed by atoms with Crippen molar-refractivity contribution in [3.8, 4) is 28.7 Å². The van der Waals surface area contributed by atoms with E-state index >= 15 is 0 Å². The van der Waals surface area contributed by atoms with Crippen LogP contribution >= 0.6 is 0 Å². The minimum Gasteiger partial charge on any atom is -0.496 e. The fourth-order valence-electron chi connectivity index (χ4n) is 3.54. The third-order valence-electron chi connectivity index (χ3n) is 4.82. The van der Waals surface area contributed by atoms with Gasteiger partial charge >= 0.3 is 0 Å². The highest BCUT2D eigenvalue weighted by Crippen LogP contribution is 2.56. The van der Waals surface area contributed by atoms with E-state index in [0.717, 1.165) is 5.56 Å². The number of hydrogen-bond donors (Lipinski definition) is 1. The van der Waals surface area contributed by atoms with Gasteiger partial charge in [0, 0.05) is 6.42 Å². The minimum absolute atomic E-state index is 0.452. The van der Waals surface area contributed by atoms with Crippen molar-refractivity contribution in [3.63, 3.8) is 0 Å². The zero-order valence-corrected chi connectivity index (χ0v) is 14.4. The van der Waals surface area contributed by atoms with Crippen LogP contribution in [-0.2, 0) is 6.42 Å². The number of methoxy groups -OCH3 is 3. The Hall–Kier alpha value is -2.60. The molecule has 2 aliphatic heterocycles. The Labute approximate surface area is 145 Å². The molecule has 2 aliphatic rings. The predicted molar refractivity (Wildman–Crippen MR) is 89.8 cm³/mol. The molecule has 2 aromatic carbocycles. The van der Waals surface area contributed by atoms with Crippen LogP contribution in [0, 0.1) is 0 Å². The summed E-state index contributed by atoms with van der Waals surface area (Å²) in [6.07, 6.45) is 0.183. The molecule has 0 bridgehead atoms. The van der Waals surface area contributed by atoms with Gasteiger partial charge in [-0.2, -0.15) is 0 Å². The molecule has 0 radical (unpaired) electrons. The third kappa shape index (κ3) is 2.21. The van der Waals surface area contributed by atoms with Crippen LogP contribution in [0.15, 0.2) is 30.3 Å². The Balaban J connectivity index is 1.80. The number of aliphatic hydroxyl groups excluding tert-OH is 1. The number of rotatable bonds is 3. The van der Waals surface area contributed by atoms with E-state index in [9.17, 15) is 5.11 Å². The lowest BCUT2D eigenvalue weighted by molar-refractivity contribution is -0.180. The fourth-order valence-corrected chi connectivity index (χ4v) is 3.54. The van der Waals surface area contributed by atoms with Crippen LogP contribution < -0.4 is 23.7 Å². The van der Waals surface area contributed by atoms with Crippen molar-refractivity contribution in [2.75, 3.05) is 21.3 Å². The van der Waals surface area contributed by atoms with Crippen LogP contribution in [0.1, 0.15) is 23.7 Å². The first-order chi connectivity index (χ1) is 12.1. The van der Waals surface area contributed by atoms with Crippen LogP contribution in [0.3, 0.4) is 0 Å². The van der Waals surface area contributed by atoms with Crippen LogP contribution in [0.4, 0.5) is 0 Å². The molecule has 6 heteroatoms. The van der Waals surface area contributed by atoms with Crippen molar-refractivity contribution < 1.29 is 28.8 Å². The molecule has 0 saturated heterocycles. The number of hydrogen-bond acceptors (Lipinski definition) is 6. The summed E-state index contributed by atoms with van der Waals surface area (Å²) in [6.45, 7) is 0.